The molecule has 2 aliphatic rings. The van der Waals surface area contributed by atoms with Crippen molar-refractivity contribution in [1.29, 1.82) is 0 Å². The van der Waals surface area contributed by atoms with E-state index in [0.717, 1.165) is 25.7 Å². The molecule has 2 rings (SSSR count). The highest BCUT2D eigenvalue weighted by Gasteiger charge is 2.49. The van der Waals surface area contributed by atoms with Gasteiger partial charge in [-0.25, -0.2) is 0 Å². The Hall–Kier alpha value is -0.410. The molecule has 0 aromatic carbocycles. The molecule has 2 fully saturated rings. The smallest absolute Gasteiger partial charge is 0.160 e. The lowest BCUT2D eigenvalue weighted by Gasteiger charge is -2.30. The van der Waals surface area contributed by atoms with Crippen LogP contribution in [0.3, 0.4) is 0 Å². The summed E-state index contributed by atoms with van der Waals surface area (Å²) >= 11 is 0. The Labute approximate surface area is 97.5 Å². The molecule has 16 heavy (non-hydrogen) atoms. The highest BCUT2D eigenvalue weighted by atomic mass is 16.7. The average molecular weight is 226 g/mol. The van der Waals surface area contributed by atoms with E-state index in [9.17, 15) is 4.79 Å². The third-order valence-electron chi connectivity index (χ3n) is 4.21. The van der Waals surface area contributed by atoms with Crippen molar-refractivity contribution in [1.82, 2.24) is 0 Å². The minimum Gasteiger partial charge on any atom is -0.344 e. The first-order chi connectivity index (χ1) is 7.32. The Balaban J connectivity index is 1.96. The number of ketones is 1. The molecule has 1 aliphatic carbocycles. The van der Waals surface area contributed by atoms with Gasteiger partial charge in [-0.2, -0.15) is 0 Å². The molecule has 0 aromatic heterocycles. The van der Waals surface area contributed by atoms with E-state index in [4.69, 9.17) is 9.47 Å². The van der Waals surface area contributed by atoms with E-state index in [2.05, 4.69) is 0 Å². The molecule has 92 valence electrons. The van der Waals surface area contributed by atoms with Crippen LogP contribution in [0.25, 0.3) is 0 Å². The van der Waals surface area contributed by atoms with Crippen LogP contribution in [0.4, 0.5) is 0 Å². The van der Waals surface area contributed by atoms with E-state index in [0.29, 0.717) is 5.78 Å². The van der Waals surface area contributed by atoms with E-state index in [-0.39, 0.29) is 23.4 Å². The fraction of sp³-hybridized carbons (Fsp3) is 0.923. The number of hydrogen-bond donors (Lipinski definition) is 0. The molecule has 1 aliphatic heterocycles. The predicted octanol–water partition coefficient (Wildman–Crippen LogP) is 2.68. The van der Waals surface area contributed by atoms with Gasteiger partial charge in [-0.05, 0) is 40.5 Å². The normalized spacial score (nSPS) is 33.5. The molecule has 1 saturated heterocycles. The van der Waals surface area contributed by atoms with Crippen LogP contribution in [0.1, 0.15) is 53.4 Å². The molecule has 0 N–H and O–H groups in total. The number of rotatable bonds is 2. The van der Waals surface area contributed by atoms with E-state index in [1.54, 1.807) is 0 Å². The molecule has 1 atom stereocenters. The Morgan fingerprint density at radius 1 is 1.19 bits per heavy atom. The maximum absolute atomic E-state index is 11.6. The van der Waals surface area contributed by atoms with Crippen LogP contribution in [0.5, 0.6) is 0 Å². The van der Waals surface area contributed by atoms with Crippen LogP contribution in [0, 0.1) is 5.92 Å². The van der Waals surface area contributed by atoms with Crippen molar-refractivity contribution in [3.05, 3.63) is 0 Å². The fourth-order valence-corrected chi connectivity index (χ4v) is 2.43. The van der Waals surface area contributed by atoms with Crippen molar-refractivity contribution in [2.24, 2.45) is 5.92 Å². The number of Topliss-reactive ketones (excluding diaryl/α,β-unsaturated/α-hetero) is 1. The monoisotopic (exact) mass is 226 g/mol. The Morgan fingerprint density at radius 3 is 2.19 bits per heavy atom. The van der Waals surface area contributed by atoms with Crippen LogP contribution in [0.2, 0.25) is 0 Å². The zero-order chi connectivity index (χ0) is 12.0. The van der Waals surface area contributed by atoms with Gasteiger partial charge in [0.2, 0.25) is 0 Å². The molecule has 0 amide bonds. The second kappa shape index (κ2) is 3.81. The van der Waals surface area contributed by atoms with Gasteiger partial charge in [-0.1, -0.05) is 0 Å². The summed E-state index contributed by atoms with van der Waals surface area (Å²) in [6.45, 7) is 8.18. The van der Waals surface area contributed by atoms with E-state index in [1.165, 1.54) is 0 Å². The van der Waals surface area contributed by atoms with Crippen molar-refractivity contribution in [3.8, 4) is 0 Å². The first-order valence-electron chi connectivity index (χ1n) is 6.20. The molecule has 3 heteroatoms. The largest absolute Gasteiger partial charge is 0.344 e. The molecule has 0 spiro atoms. The van der Waals surface area contributed by atoms with Gasteiger partial charge in [0.25, 0.3) is 0 Å². The average Bonchev–Trinajstić information content (AvgIpc) is 2.57. The van der Waals surface area contributed by atoms with Crippen LogP contribution in [-0.2, 0) is 14.3 Å². The second-order valence-corrected chi connectivity index (χ2v) is 5.98. The summed E-state index contributed by atoms with van der Waals surface area (Å²) in [6.07, 6.45) is 3.29. The minimum atomic E-state index is -0.278. The maximum atomic E-state index is 11.6. The van der Waals surface area contributed by atoms with Crippen LogP contribution < -0.4 is 0 Å². The Morgan fingerprint density at radius 2 is 1.75 bits per heavy atom. The zero-order valence-electron chi connectivity index (χ0n) is 10.7. The molecular weight excluding hydrogens is 204 g/mol. The predicted molar refractivity (Wildman–Crippen MR) is 61.1 cm³/mol. The van der Waals surface area contributed by atoms with E-state index >= 15 is 0 Å². The number of carbonyl (C=O) groups is 1. The number of hydrogen-bond acceptors (Lipinski definition) is 3. The molecule has 0 bridgehead atoms. The summed E-state index contributed by atoms with van der Waals surface area (Å²) in [5, 5.41) is 0. The van der Waals surface area contributed by atoms with Crippen molar-refractivity contribution < 1.29 is 14.3 Å². The summed E-state index contributed by atoms with van der Waals surface area (Å²) in [4.78, 5) is 11.6. The topological polar surface area (TPSA) is 35.5 Å². The second-order valence-electron chi connectivity index (χ2n) is 5.98. The lowest BCUT2D eigenvalue weighted by Crippen LogP contribution is -2.41. The summed E-state index contributed by atoms with van der Waals surface area (Å²) in [7, 11) is 0. The third kappa shape index (κ3) is 2.03. The van der Waals surface area contributed by atoms with E-state index in [1.807, 2.05) is 27.7 Å². The minimum absolute atomic E-state index is 0.162. The van der Waals surface area contributed by atoms with Gasteiger partial charge in [-0.15, -0.1) is 0 Å². The molecule has 1 heterocycles. The lowest BCUT2D eigenvalue weighted by molar-refractivity contribution is -0.128. The van der Waals surface area contributed by atoms with Crippen LogP contribution in [0.15, 0.2) is 0 Å². The molecule has 3 nitrogen and oxygen atoms in total. The first-order valence-corrected chi connectivity index (χ1v) is 6.20. The molecule has 0 radical (unpaired) electrons. The number of ether oxygens (including phenoxy) is 2. The van der Waals surface area contributed by atoms with Gasteiger partial charge >= 0.3 is 0 Å². The summed E-state index contributed by atoms with van der Waals surface area (Å²) < 4.78 is 11.8. The maximum Gasteiger partial charge on any atom is 0.160 e. The van der Waals surface area contributed by atoms with Crippen molar-refractivity contribution >= 4 is 5.78 Å². The van der Waals surface area contributed by atoms with Gasteiger partial charge in [0.05, 0.1) is 11.2 Å². The highest BCUT2D eigenvalue weighted by Crippen LogP contribution is 2.41. The van der Waals surface area contributed by atoms with Gasteiger partial charge in [-0.3, -0.25) is 4.79 Å². The number of carbonyl (C=O) groups excluding carboxylic acids is 1. The standard InChI is InChI=1S/C13H22O3/c1-12(2)13(3,4)16-11(15-12)8-9-6-5-7-10(9)14/h9,11H,5-8H2,1-4H3/t9-/m0/s1. The highest BCUT2D eigenvalue weighted by molar-refractivity contribution is 5.82. The van der Waals surface area contributed by atoms with E-state index < -0.39 is 0 Å². The first kappa shape index (κ1) is 12.1. The van der Waals surface area contributed by atoms with Gasteiger partial charge in [0, 0.05) is 18.8 Å². The van der Waals surface area contributed by atoms with Crippen molar-refractivity contribution in [2.75, 3.05) is 0 Å². The fourth-order valence-electron chi connectivity index (χ4n) is 2.43. The lowest BCUT2D eigenvalue weighted by atomic mass is 9.90. The Kier molecular flexibility index (Phi) is 2.87. The zero-order valence-corrected chi connectivity index (χ0v) is 10.7. The van der Waals surface area contributed by atoms with Gasteiger partial charge < -0.3 is 9.47 Å². The summed E-state index contributed by atoms with van der Waals surface area (Å²) in [6, 6.07) is 0. The quantitative estimate of drug-likeness (QED) is 0.726. The van der Waals surface area contributed by atoms with Gasteiger partial charge in [0.1, 0.15) is 5.78 Å². The molecule has 0 aromatic rings. The molecular formula is C13H22O3. The van der Waals surface area contributed by atoms with Gasteiger partial charge in [0.15, 0.2) is 6.29 Å². The summed E-state index contributed by atoms with van der Waals surface area (Å²) in [5.74, 6) is 0.546. The van der Waals surface area contributed by atoms with Crippen molar-refractivity contribution in [3.63, 3.8) is 0 Å². The summed E-state index contributed by atoms with van der Waals surface area (Å²) in [5.41, 5.74) is -0.557. The molecule has 1 saturated carbocycles. The SMILES string of the molecule is CC1(C)OC(C[C@@H]2CCCC2=O)OC1(C)C. The molecule has 0 unspecified atom stereocenters. The van der Waals surface area contributed by atoms with Crippen LogP contribution in [-0.4, -0.2) is 23.3 Å². The Bertz CT molecular complexity index is 278. The van der Waals surface area contributed by atoms with Crippen molar-refractivity contribution in [2.45, 2.75) is 70.9 Å². The van der Waals surface area contributed by atoms with Crippen LogP contribution >= 0.6 is 0 Å². The third-order valence-corrected chi connectivity index (χ3v) is 4.21.